The fourth-order valence-corrected chi connectivity index (χ4v) is 3.27. The van der Waals surface area contributed by atoms with E-state index in [1.165, 1.54) is 11.3 Å². The lowest BCUT2D eigenvalue weighted by molar-refractivity contribution is 0.0759. The van der Waals surface area contributed by atoms with Crippen LogP contribution in [-0.2, 0) is 4.74 Å². The number of nitrogens with one attached hydrogen (secondary N) is 1. The van der Waals surface area contributed by atoms with E-state index < -0.39 is 0 Å². The maximum atomic E-state index is 6.11. The Balaban J connectivity index is 2.17. The van der Waals surface area contributed by atoms with Crippen molar-refractivity contribution in [2.24, 2.45) is 0 Å². The van der Waals surface area contributed by atoms with Crippen LogP contribution in [0.15, 0.2) is 6.07 Å². The van der Waals surface area contributed by atoms with Gasteiger partial charge in [0.1, 0.15) is 0 Å². The first-order chi connectivity index (χ1) is 8.50. The summed E-state index contributed by atoms with van der Waals surface area (Å²) in [5.74, 6) is 0. The highest BCUT2D eigenvalue weighted by Gasteiger charge is 2.12. The topological polar surface area (TPSA) is 21.3 Å². The van der Waals surface area contributed by atoms with Crippen molar-refractivity contribution < 1.29 is 4.74 Å². The molecular formula is C13H21Cl2NOS. The van der Waals surface area contributed by atoms with Crippen LogP contribution in [0.5, 0.6) is 0 Å². The van der Waals surface area contributed by atoms with Crippen molar-refractivity contribution in [3.8, 4) is 0 Å². The molecule has 1 N–H and O–H groups in total. The van der Waals surface area contributed by atoms with E-state index in [1.54, 1.807) is 0 Å². The summed E-state index contributed by atoms with van der Waals surface area (Å²) in [4.78, 5) is 0. The molecule has 0 fully saturated rings. The molecule has 1 atom stereocenters. The van der Waals surface area contributed by atoms with Gasteiger partial charge in [0.05, 0.1) is 14.8 Å². The Bertz CT molecular complexity index is 355. The van der Waals surface area contributed by atoms with Gasteiger partial charge >= 0.3 is 0 Å². The Morgan fingerprint density at radius 3 is 2.56 bits per heavy atom. The number of hydrogen-bond acceptors (Lipinski definition) is 3. The first-order valence-electron chi connectivity index (χ1n) is 6.30. The number of ether oxygens (including phenoxy) is 1. The molecule has 0 saturated carbocycles. The second kappa shape index (κ2) is 8.39. The Morgan fingerprint density at radius 2 is 2.00 bits per heavy atom. The second-order valence-corrected chi connectivity index (χ2v) is 6.87. The summed E-state index contributed by atoms with van der Waals surface area (Å²) in [6, 6.07) is 2.18. The minimum Gasteiger partial charge on any atom is -0.379 e. The average molecular weight is 310 g/mol. The summed E-state index contributed by atoms with van der Waals surface area (Å²) in [5.41, 5.74) is 1.09. The van der Waals surface area contributed by atoms with Gasteiger partial charge in [0, 0.05) is 12.6 Å². The fourth-order valence-electron chi connectivity index (χ4n) is 1.62. The van der Waals surface area contributed by atoms with Gasteiger partial charge < -0.3 is 10.1 Å². The maximum Gasteiger partial charge on any atom is 0.0991 e. The van der Waals surface area contributed by atoms with E-state index in [2.05, 4.69) is 26.1 Å². The van der Waals surface area contributed by atoms with Gasteiger partial charge in [-0.05, 0) is 51.8 Å². The van der Waals surface area contributed by atoms with Crippen LogP contribution in [0.3, 0.4) is 0 Å². The van der Waals surface area contributed by atoms with Gasteiger partial charge in [0.15, 0.2) is 0 Å². The molecule has 104 valence electrons. The van der Waals surface area contributed by atoms with E-state index in [1.807, 2.05) is 6.07 Å². The summed E-state index contributed by atoms with van der Waals surface area (Å²) in [7, 11) is 0. The van der Waals surface area contributed by atoms with Crippen molar-refractivity contribution in [2.45, 2.75) is 45.8 Å². The molecule has 1 unspecified atom stereocenters. The highest BCUT2D eigenvalue weighted by Crippen LogP contribution is 2.34. The third kappa shape index (κ3) is 5.89. The molecule has 0 radical (unpaired) electrons. The average Bonchev–Trinajstić information content (AvgIpc) is 2.62. The Labute approximate surface area is 124 Å². The zero-order valence-electron chi connectivity index (χ0n) is 11.1. The van der Waals surface area contributed by atoms with E-state index in [0.717, 1.165) is 40.2 Å². The molecule has 1 aromatic heterocycles. The molecule has 0 saturated heterocycles. The van der Waals surface area contributed by atoms with Crippen molar-refractivity contribution in [1.29, 1.82) is 0 Å². The predicted octanol–water partition coefficient (Wildman–Crippen LogP) is 4.91. The summed E-state index contributed by atoms with van der Waals surface area (Å²) in [6.07, 6.45) is 2.51. The first kappa shape index (κ1) is 16.3. The van der Waals surface area contributed by atoms with Gasteiger partial charge in [-0.15, -0.1) is 11.3 Å². The molecule has 5 heteroatoms. The van der Waals surface area contributed by atoms with Gasteiger partial charge in [-0.2, -0.15) is 0 Å². The lowest BCUT2D eigenvalue weighted by Gasteiger charge is -2.13. The molecule has 18 heavy (non-hydrogen) atoms. The van der Waals surface area contributed by atoms with E-state index in [9.17, 15) is 0 Å². The number of hydrogen-bond donors (Lipinski definition) is 1. The van der Waals surface area contributed by atoms with Crippen LogP contribution in [0, 0.1) is 0 Å². The van der Waals surface area contributed by atoms with E-state index in [0.29, 0.717) is 6.10 Å². The van der Waals surface area contributed by atoms with Crippen LogP contribution in [0.25, 0.3) is 0 Å². The molecule has 1 aromatic rings. The molecule has 0 aliphatic rings. The van der Waals surface area contributed by atoms with E-state index in [4.69, 9.17) is 27.9 Å². The van der Waals surface area contributed by atoms with Crippen molar-refractivity contribution in [1.82, 2.24) is 5.32 Å². The maximum absolute atomic E-state index is 6.11. The largest absolute Gasteiger partial charge is 0.379 e. The number of unbranched alkanes of at least 4 members (excludes halogenated alkanes) is 1. The van der Waals surface area contributed by atoms with Gasteiger partial charge in [-0.25, -0.2) is 0 Å². The quantitative estimate of drug-likeness (QED) is 0.689. The fraction of sp³-hybridized carbons (Fsp3) is 0.692. The van der Waals surface area contributed by atoms with Gasteiger partial charge in [0.25, 0.3) is 0 Å². The van der Waals surface area contributed by atoms with Crippen molar-refractivity contribution in [2.75, 3.05) is 13.2 Å². The van der Waals surface area contributed by atoms with Crippen molar-refractivity contribution in [3.05, 3.63) is 20.3 Å². The molecule has 0 spiro atoms. The number of thiophene rings is 1. The predicted molar refractivity (Wildman–Crippen MR) is 81.1 cm³/mol. The molecule has 0 bridgehead atoms. The molecule has 0 aliphatic carbocycles. The van der Waals surface area contributed by atoms with Gasteiger partial charge in [0.2, 0.25) is 0 Å². The Morgan fingerprint density at radius 1 is 1.28 bits per heavy atom. The summed E-state index contributed by atoms with van der Waals surface area (Å²) >= 11 is 13.5. The SMILES string of the molecule is CC(C)OCCCCNC(C)c1cc(Cl)sc1Cl. The highest BCUT2D eigenvalue weighted by atomic mass is 35.5. The normalized spacial score (nSPS) is 13.2. The first-order valence-corrected chi connectivity index (χ1v) is 7.87. The zero-order chi connectivity index (χ0) is 13.5. The second-order valence-electron chi connectivity index (χ2n) is 4.58. The van der Waals surface area contributed by atoms with Crippen molar-refractivity contribution in [3.63, 3.8) is 0 Å². The summed E-state index contributed by atoms with van der Waals surface area (Å²) in [5, 5.41) is 3.45. The van der Waals surface area contributed by atoms with Crippen LogP contribution in [0.4, 0.5) is 0 Å². The molecule has 0 aromatic carbocycles. The molecule has 0 aliphatic heterocycles. The molecule has 1 heterocycles. The summed E-state index contributed by atoms with van der Waals surface area (Å²) < 4.78 is 7.02. The lowest BCUT2D eigenvalue weighted by atomic mass is 10.2. The zero-order valence-corrected chi connectivity index (χ0v) is 13.5. The number of rotatable bonds is 8. The Hall–Kier alpha value is 0.200. The third-order valence-electron chi connectivity index (χ3n) is 2.62. The smallest absolute Gasteiger partial charge is 0.0991 e. The molecule has 2 nitrogen and oxygen atoms in total. The van der Waals surface area contributed by atoms with Crippen LogP contribution in [-0.4, -0.2) is 19.3 Å². The summed E-state index contributed by atoms with van der Waals surface area (Å²) in [6.45, 7) is 8.02. The number of halogens is 2. The molecule has 1 rings (SSSR count). The van der Waals surface area contributed by atoms with E-state index in [-0.39, 0.29) is 6.04 Å². The Kier molecular flexibility index (Phi) is 7.57. The van der Waals surface area contributed by atoms with Crippen LogP contribution < -0.4 is 5.32 Å². The van der Waals surface area contributed by atoms with Crippen LogP contribution in [0.2, 0.25) is 8.67 Å². The monoisotopic (exact) mass is 309 g/mol. The van der Waals surface area contributed by atoms with Crippen LogP contribution >= 0.6 is 34.5 Å². The standard InChI is InChI=1S/C13H21Cl2NOS/c1-9(2)17-7-5-4-6-16-10(3)11-8-12(14)18-13(11)15/h8-10,16H,4-7H2,1-3H3. The van der Waals surface area contributed by atoms with E-state index >= 15 is 0 Å². The third-order valence-corrected chi connectivity index (χ3v) is 4.14. The molecular weight excluding hydrogens is 289 g/mol. The van der Waals surface area contributed by atoms with Gasteiger partial charge in [-0.3, -0.25) is 0 Å². The van der Waals surface area contributed by atoms with Crippen LogP contribution in [0.1, 0.15) is 45.2 Å². The highest BCUT2D eigenvalue weighted by molar-refractivity contribution is 7.20. The lowest BCUT2D eigenvalue weighted by Crippen LogP contribution is -2.20. The minimum atomic E-state index is 0.243. The van der Waals surface area contributed by atoms with Crippen molar-refractivity contribution >= 4 is 34.5 Å². The van der Waals surface area contributed by atoms with Gasteiger partial charge in [-0.1, -0.05) is 23.2 Å². The molecule has 0 amide bonds. The minimum absolute atomic E-state index is 0.243.